The Kier molecular flexibility index (Phi) is 10.6. The first kappa shape index (κ1) is 41.5. The molecule has 0 fully saturated rings. The molecular formula is C57H59N3O. The summed E-state index contributed by atoms with van der Waals surface area (Å²) < 4.78 is 8.53. The van der Waals surface area contributed by atoms with Gasteiger partial charge < -0.3 is 4.74 Å². The molecule has 308 valence electrons. The van der Waals surface area contributed by atoms with Crippen molar-refractivity contribution in [3.05, 3.63) is 167 Å². The minimum Gasteiger partial charge on any atom is -0.496 e. The lowest BCUT2D eigenvalue weighted by Gasteiger charge is -2.23. The second kappa shape index (κ2) is 15.6. The van der Waals surface area contributed by atoms with Gasteiger partial charge in [-0.3, -0.25) is 9.55 Å². The predicted octanol–water partition coefficient (Wildman–Crippen LogP) is 15.3. The second-order valence-electron chi connectivity index (χ2n) is 19.8. The van der Waals surface area contributed by atoms with E-state index in [9.17, 15) is 0 Å². The molecule has 2 aromatic heterocycles. The number of imidazole rings is 1. The lowest BCUT2D eigenvalue weighted by atomic mass is 9.83. The number of rotatable bonds is 7. The third-order valence-corrected chi connectivity index (χ3v) is 11.9. The lowest BCUT2D eigenvalue weighted by Crippen LogP contribution is -2.12. The monoisotopic (exact) mass is 801 g/mol. The maximum atomic E-state index is 6.18. The van der Waals surface area contributed by atoms with Crippen molar-refractivity contribution in [2.24, 2.45) is 0 Å². The van der Waals surface area contributed by atoms with E-state index in [1.165, 1.54) is 33.4 Å². The number of benzene rings is 6. The molecule has 2 heterocycles. The minimum atomic E-state index is -0.114. The van der Waals surface area contributed by atoms with Crippen LogP contribution in [0.2, 0.25) is 0 Å². The van der Waals surface area contributed by atoms with Crippen LogP contribution in [0.1, 0.15) is 90.1 Å². The predicted molar refractivity (Wildman–Crippen MR) is 258 cm³/mol. The van der Waals surface area contributed by atoms with Crippen molar-refractivity contribution < 1.29 is 4.74 Å². The Morgan fingerprint density at radius 2 is 1.13 bits per heavy atom. The van der Waals surface area contributed by atoms with Crippen LogP contribution in [0.15, 0.2) is 140 Å². The number of aromatic nitrogens is 3. The summed E-state index contributed by atoms with van der Waals surface area (Å²) in [5.74, 6) is 1.67. The van der Waals surface area contributed by atoms with E-state index in [1.54, 1.807) is 7.11 Å². The summed E-state index contributed by atoms with van der Waals surface area (Å²) in [5.41, 5.74) is 18.8. The first-order valence-corrected chi connectivity index (χ1v) is 21.5. The van der Waals surface area contributed by atoms with Crippen LogP contribution in [0.5, 0.6) is 5.75 Å². The van der Waals surface area contributed by atoms with Gasteiger partial charge in [-0.15, -0.1) is 0 Å². The Balaban J connectivity index is 1.38. The van der Waals surface area contributed by atoms with Gasteiger partial charge in [-0.05, 0) is 134 Å². The zero-order chi connectivity index (χ0) is 43.4. The normalized spacial score (nSPS) is 12.3. The maximum Gasteiger partial charge on any atom is 0.149 e. The molecule has 0 saturated heterocycles. The molecule has 0 bridgehead atoms. The van der Waals surface area contributed by atoms with Crippen LogP contribution >= 0.6 is 0 Å². The number of para-hydroxylation sites is 1. The van der Waals surface area contributed by atoms with Crippen molar-refractivity contribution in [3.8, 4) is 67.5 Å². The molecule has 4 heteroatoms. The van der Waals surface area contributed by atoms with Gasteiger partial charge in [0.1, 0.15) is 11.6 Å². The molecule has 0 amide bonds. The molecule has 0 aliphatic carbocycles. The van der Waals surface area contributed by atoms with Crippen LogP contribution in [0.25, 0.3) is 72.7 Å². The Labute approximate surface area is 363 Å². The van der Waals surface area contributed by atoms with E-state index in [2.05, 4.69) is 214 Å². The van der Waals surface area contributed by atoms with Crippen molar-refractivity contribution in [3.63, 3.8) is 0 Å². The summed E-state index contributed by atoms with van der Waals surface area (Å²) in [4.78, 5) is 10.6. The van der Waals surface area contributed by atoms with Crippen LogP contribution in [-0.2, 0) is 16.2 Å². The molecule has 0 N–H and O–H groups in total. The van der Waals surface area contributed by atoms with Crippen molar-refractivity contribution in [2.45, 2.75) is 92.4 Å². The zero-order valence-electron chi connectivity index (χ0n) is 38.0. The molecule has 0 aliphatic rings. The van der Waals surface area contributed by atoms with Crippen LogP contribution in [0.3, 0.4) is 0 Å². The number of hydrogen-bond acceptors (Lipinski definition) is 3. The Morgan fingerprint density at radius 1 is 0.492 bits per heavy atom. The average Bonchev–Trinajstić information content (AvgIpc) is 3.62. The SMILES string of the molecule is COc1c(C)cc(C)cc1-c1nc2c(-c3cc(-c4cc(-c5ccc(C(C)(C)C)cc5)ccn4)cc(C(C)(C)C)c3)cccc2n1-c1cc(-c2ccccc2)cc(C(C)(C)C)c1. The maximum absolute atomic E-state index is 6.18. The number of ether oxygens (including phenoxy) is 1. The summed E-state index contributed by atoms with van der Waals surface area (Å²) in [7, 11) is 1.76. The Bertz CT molecular complexity index is 2890. The molecule has 8 aromatic rings. The fourth-order valence-electron chi connectivity index (χ4n) is 8.43. The van der Waals surface area contributed by atoms with Gasteiger partial charge in [-0.1, -0.05) is 147 Å². The largest absolute Gasteiger partial charge is 0.496 e. The molecule has 0 unspecified atom stereocenters. The summed E-state index contributed by atoms with van der Waals surface area (Å²) in [6.07, 6.45) is 1.94. The average molecular weight is 802 g/mol. The fourth-order valence-corrected chi connectivity index (χ4v) is 8.43. The van der Waals surface area contributed by atoms with Gasteiger partial charge in [0.25, 0.3) is 0 Å². The van der Waals surface area contributed by atoms with E-state index >= 15 is 0 Å². The quantitative estimate of drug-likeness (QED) is 0.161. The van der Waals surface area contributed by atoms with E-state index in [1.807, 2.05) is 6.20 Å². The molecule has 0 spiro atoms. The Morgan fingerprint density at radius 3 is 1.80 bits per heavy atom. The summed E-state index contributed by atoms with van der Waals surface area (Å²) >= 11 is 0. The highest BCUT2D eigenvalue weighted by molar-refractivity contribution is 5.97. The van der Waals surface area contributed by atoms with Crippen LogP contribution in [0.4, 0.5) is 0 Å². The van der Waals surface area contributed by atoms with E-state index in [-0.39, 0.29) is 16.2 Å². The van der Waals surface area contributed by atoms with Gasteiger partial charge in [0.05, 0.1) is 29.4 Å². The third kappa shape index (κ3) is 8.29. The molecule has 8 rings (SSSR count). The molecule has 4 nitrogen and oxygen atoms in total. The van der Waals surface area contributed by atoms with E-state index in [4.69, 9.17) is 14.7 Å². The van der Waals surface area contributed by atoms with E-state index in [0.29, 0.717) is 0 Å². The van der Waals surface area contributed by atoms with Gasteiger partial charge in [0.15, 0.2) is 0 Å². The smallest absolute Gasteiger partial charge is 0.149 e. The number of pyridine rings is 1. The number of methoxy groups -OCH3 is 1. The van der Waals surface area contributed by atoms with Crippen molar-refractivity contribution in [1.82, 2.24) is 14.5 Å². The summed E-state index contributed by atoms with van der Waals surface area (Å²) in [6, 6.07) is 48.9. The van der Waals surface area contributed by atoms with Gasteiger partial charge in [-0.25, -0.2) is 4.98 Å². The van der Waals surface area contributed by atoms with Crippen molar-refractivity contribution >= 4 is 11.0 Å². The highest BCUT2D eigenvalue weighted by atomic mass is 16.5. The first-order chi connectivity index (χ1) is 28.9. The lowest BCUT2D eigenvalue weighted by molar-refractivity contribution is 0.413. The van der Waals surface area contributed by atoms with Gasteiger partial charge >= 0.3 is 0 Å². The van der Waals surface area contributed by atoms with Crippen LogP contribution in [0, 0.1) is 13.8 Å². The van der Waals surface area contributed by atoms with E-state index in [0.717, 1.165) is 72.9 Å². The molecule has 0 aliphatic heterocycles. The number of hydrogen-bond donors (Lipinski definition) is 0. The zero-order valence-corrected chi connectivity index (χ0v) is 38.0. The van der Waals surface area contributed by atoms with Crippen LogP contribution in [-0.4, -0.2) is 21.6 Å². The molecular weight excluding hydrogens is 743 g/mol. The molecule has 0 atom stereocenters. The van der Waals surface area contributed by atoms with Crippen molar-refractivity contribution in [1.29, 1.82) is 0 Å². The summed E-state index contributed by atoms with van der Waals surface area (Å²) in [6.45, 7) is 24.7. The third-order valence-electron chi connectivity index (χ3n) is 11.9. The van der Waals surface area contributed by atoms with Gasteiger partial charge in [0, 0.05) is 23.0 Å². The first-order valence-electron chi connectivity index (χ1n) is 21.5. The number of fused-ring (bicyclic) bond motifs is 1. The van der Waals surface area contributed by atoms with E-state index < -0.39 is 0 Å². The second-order valence-corrected chi connectivity index (χ2v) is 19.8. The molecule has 0 radical (unpaired) electrons. The van der Waals surface area contributed by atoms with Gasteiger partial charge in [-0.2, -0.15) is 0 Å². The topological polar surface area (TPSA) is 39.9 Å². The molecule has 6 aromatic carbocycles. The Hall–Kier alpha value is -6.26. The molecule has 0 saturated carbocycles. The van der Waals surface area contributed by atoms with Crippen LogP contribution < -0.4 is 4.74 Å². The highest BCUT2D eigenvalue weighted by Crippen LogP contribution is 2.43. The number of aryl methyl sites for hydroxylation is 2. The molecule has 61 heavy (non-hydrogen) atoms. The standard InChI is InChI=1S/C57H59N3O/c1-36-27-37(2)53(61-12)49(28-36)54-59-52-48(19-16-20-51(52)60(54)47-33-41(38-17-14-13-15-18-38)30-46(35-47)57(9,10)11)42-29-43(32-45(31-42)56(6,7)8)50-34-40(25-26-58-50)39-21-23-44(24-22-39)55(3,4)5/h13-35H,1-12H3. The summed E-state index contributed by atoms with van der Waals surface area (Å²) in [5, 5.41) is 0. The number of nitrogens with zero attached hydrogens (tertiary/aromatic N) is 3. The minimum absolute atomic E-state index is 0.0934. The van der Waals surface area contributed by atoms with Crippen molar-refractivity contribution in [2.75, 3.05) is 7.11 Å². The fraction of sp³-hybridized carbons (Fsp3) is 0.263. The highest BCUT2D eigenvalue weighted by Gasteiger charge is 2.25. The van der Waals surface area contributed by atoms with Gasteiger partial charge in [0.2, 0.25) is 0 Å².